The maximum atomic E-state index is 11.8. The molecule has 0 bridgehead atoms. The third-order valence-electron chi connectivity index (χ3n) is 7.41. The van der Waals surface area contributed by atoms with Crippen LogP contribution in [0.25, 0.3) is 20.8 Å². The normalized spacial score (nSPS) is 26.6. The number of carbonyl (C=O) groups is 1. The summed E-state index contributed by atoms with van der Waals surface area (Å²) in [6.45, 7) is 1.92. The Hall–Kier alpha value is -2.89. The molecule has 0 aliphatic heterocycles. The number of amides is 1. The van der Waals surface area contributed by atoms with E-state index in [0.29, 0.717) is 23.7 Å². The Morgan fingerprint density at radius 2 is 1.91 bits per heavy atom. The van der Waals surface area contributed by atoms with E-state index in [1.165, 1.54) is 6.42 Å². The van der Waals surface area contributed by atoms with Crippen molar-refractivity contribution in [3.63, 3.8) is 0 Å². The van der Waals surface area contributed by atoms with E-state index < -0.39 is 30.1 Å². The average molecular weight is 496 g/mol. The molecule has 0 saturated heterocycles. The lowest BCUT2D eigenvalue weighted by Gasteiger charge is -2.27. The molecule has 1 amide bonds. The summed E-state index contributed by atoms with van der Waals surface area (Å²) in [4.78, 5) is 30.8. The number of nitrogens with two attached hydrogens (primary N) is 1. The highest BCUT2D eigenvalue weighted by Crippen LogP contribution is 2.44. The molecule has 0 radical (unpaired) electrons. The summed E-state index contributed by atoms with van der Waals surface area (Å²) in [6, 6.07) is 1.73. The minimum atomic E-state index is -1.22. The first kappa shape index (κ1) is 22.6. The number of thiazole rings is 1. The van der Waals surface area contributed by atoms with Gasteiger partial charge in [0.1, 0.15) is 22.4 Å². The monoisotopic (exact) mass is 495 g/mol. The number of carbonyl (C=O) groups excluding carboxylic acids is 1. The number of aromatic nitrogens is 4. The van der Waals surface area contributed by atoms with Crippen molar-refractivity contribution >= 4 is 39.2 Å². The summed E-state index contributed by atoms with van der Waals surface area (Å²) in [5, 5.41) is 28.5. The molecule has 184 valence electrons. The summed E-state index contributed by atoms with van der Waals surface area (Å²) in [5.74, 6) is 0.0493. The predicted molar refractivity (Wildman–Crippen MR) is 133 cm³/mol. The molecule has 3 aromatic heterocycles. The van der Waals surface area contributed by atoms with E-state index in [1.807, 2.05) is 19.2 Å². The van der Waals surface area contributed by atoms with Gasteiger partial charge in [0.25, 0.3) is 0 Å². The van der Waals surface area contributed by atoms with Crippen LogP contribution in [0.5, 0.6) is 0 Å². The largest absolute Gasteiger partial charge is 0.390 e. The first-order valence-corrected chi connectivity index (χ1v) is 13.0. The summed E-state index contributed by atoms with van der Waals surface area (Å²) >= 11 is 1.56. The number of rotatable bonds is 7. The molecule has 35 heavy (non-hydrogen) atoms. The fraction of sp³-hybridized carbons (Fsp3) is 0.542. The summed E-state index contributed by atoms with van der Waals surface area (Å²) in [6.07, 6.45) is 5.29. The zero-order chi connectivity index (χ0) is 24.3. The second kappa shape index (κ2) is 8.65. The standard InChI is InChI=1S/C24H29N7O3S/c1-10-16(23-30-18-15(35-23)7-8-26-17(18)11-5-6-11)22(31-24(27-10)28-12-3-2-4-12)29-14-9-13(21(25)34)19(32)20(14)33/h7-8,11-14,19-20,32-33H,2-6,9H2,1H3,(H2,25,34)(H2,27,28,29,31)/t13-,14?,19+,20-/m0/s1. The second-order valence-corrected chi connectivity index (χ2v) is 11.0. The van der Waals surface area contributed by atoms with E-state index in [1.54, 1.807) is 11.3 Å². The highest BCUT2D eigenvalue weighted by molar-refractivity contribution is 7.21. The molecule has 3 aromatic rings. The molecular formula is C24H29N7O3S. The van der Waals surface area contributed by atoms with Crippen LogP contribution in [0.4, 0.5) is 11.8 Å². The fourth-order valence-electron chi connectivity index (χ4n) is 5.00. The predicted octanol–water partition coefficient (Wildman–Crippen LogP) is 2.31. The number of aliphatic hydroxyl groups is 2. The Labute approximate surface area is 206 Å². The van der Waals surface area contributed by atoms with Gasteiger partial charge in [0.2, 0.25) is 11.9 Å². The number of hydrogen-bond donors (Lipinski definition) is 5. The summed E-state index contributed by atoms with van der Waals surface area (Å²) in [5.41, 5.74) is 8.91. The highest BCUT2D eigenvalue weighted by atomic mass is 32.1. The van der Waals surface area contributed by atoms with Crippen molar-refractivity contribution in [3.05, 3.63) is 23.7 Å². The van der Waals surface area contributed by atoms with Crippen LogP contribution in [-0.4, -0.2) is 60.3 Å². The zero-order valence-corrected chi connectivity index (χ0v) is 20.3. The van der Waals surface area contributed by atoms with Gasteiger partial charge < -0.3 is 26.6 Å². The topological polar surface area (TPSA) is 159 Å². The Morgan fingerprint density at radius 3 is 2.57 bits per heavy atom. The lowest BCUT2D eigenvalue weighted by atomic mass is 9.93. The van der Waals surface area contributed by atoms with E-state index in [2.05, 4.69) is 15.6 Å². The van der Waals surface area contributed by atoms with E-state index in [-0.39, 0.29) is 6.42 Å². The van der Waals surface area contributed by atoms with Gasteiger partial charge in [-0.15, -0.1) is 11.3 Å². The molecule has 4 atom stereocenters. The van der Waals surface area contributed by atoms with Crippen LogP contribution in [0.2, 0.25) is 0 Å². The SMILES string of the molecule is Cc1nc(NC2CCC2)nc(NC2C[C@H](C(N)=O)[C@@H](O)[C@H]2O)c1-c1nc2c(C3CC3)nccc2s1. The minimum absolute atomic E-state index is 0.209. The van der Waals surface area contributed by atoms with Crippen LogP contribution in [0, 0.1) is 12.8 Å². The van der Waals surface area contributed by atoms with E-state index >= 15 is 0 Å². The third kappa shape index (κ3) is 4.11. The van der Waals surface area contributed by atoms with Gasteiger partial charge >= 0.3 is 0 Å². The third-order valence-corrected chi connectivity index (χ3v) is 8.45. The van der Waals surface area contributed by atoms with Gasteiger partial charge in [0.15, 0.2) is 0 Å². The van der Waals surface area contributed by atoms with Gasteiger partial charge in [-0.05, 0) is 51.5 Å². The molecule has 10 nitrogen and oxygen atoms in total. The molecule has 3 aliphatic rings. The number of anilines is 2. The number of aryl methyl sites for hydroxylation is 1. The number of fused-ring (bicyclic) bond motifs is 1. The molecule has 11 heteroatoms. The van der Waals surface area contributed by atoms with Crippen molar-refractivity contribution in [2.24, 2.45) is 11.7 Å². The Bertz CT molecular complexity index is 1290. The van der Waals surface area contributed by atoms with Gasteiger partial charge in [0.05, 0.1) is 39.7 Å². The number of nitrogens with one attached hydrogen (secondary N) is 2. The molecular weight excluding hydrogens is 466 g/mol. The first-order valence-electron chi connectivity index (χ1n) is 12.2. The van der Waals surface area contributed by atoms with Crippen molar-refractivity contribution in [3.8, 4) is 10.6 Å². The van der Waals surface area contributed by atoms with Crippen LogP contribution in [0.3, 0.4) is 0 Å². The fourth-order valence-corrected chi connectivity index (χ4v) is 6.07. The number of hydrogen-bond acceptors (Lipinski definition) is 10. The second-order valence-electron chi connectivity index (χ2n) is 9.94. The minimum Gasteiger partial charge on any atom is -0.390 e. The molecule has 0 spiro atoms. The van der Waals surface area contributed by atoms with E-state index in [4.69, 9.17) is 20.7 Å². The van der Waals surface area contributed by atoms with Crippen molar-refractivity contribution in [1.82, 2.24) is 19.9 Å². The van der Waals surface area contributed by atoms with Gasteiger partial charge in [-0.1, -0.05) is 0 Å². The maximum absolute atomic E-state index is 11.8. The van der Waals surface area contributed by atoms with Crippen LogP contribution in [0.1, 0.15) is 55.8 Å². The number of nitrogens with zero attached hydrogens (tertiary/aromatic N) is 4. The molecule has 3 heterocycles. The van der Waals surface area contributed by atoms with E-state index in [9.17, 15) is 15.0 Å². The van der Waals surface area contributed by atoms with E-state index in [0.717, 1.165) is 57.9 Å². The van der Waals surface area contributed by atoms with Crippen LogP contribution in [0.15, 0.2) is 12.3 Å². The lowest BCUT2D eigenvalue weighted by Crippen LogP contribution is -2.37. The number of pyridine rings is 1. The van der Waals surface area contributed by atoms with Crippen LogP contribution < -0.4 is 16.4 Å². The molecule has 3 saturated carbocycles. The van der Waals surface area contributed by atoms with Gasteiger partial charge in [-0.3, -0.25) is 9.78 Å². The zero-order valence-electron chi connectivity index (χ0n) is 19.4. The van der Waals surface area contributed by atoms with Crippen molar-refractivity contribution < 1.29 is 15.0 Å². The first-order chi connectivity index (χ1) is 16.9. The summed E-state index contributed by atoms with van der Waals surface area (Å²) in [7, 11) is 0. The Kier molecular flexibility index (Phi) is 5.58. The molecule has 6 N–H and O–H groups in total. The molecule has 1 unspecified atom stereocenters. The Balaban J connectivity index is 1.41. The maximum Gasteiger partial charge on any atom is 0.225 e. The quantitative estimate of drug-likeness (QED) is 0.331. The smallest absolute Gasteiger partial charge is 0.225 e. The molecule has 0 aromatic carbocycles. The van der Waals surface area contributed by atoms with Crippen molar-refractivity contribution in [2.75, 3.05) is 10.6 Å². The summed E-state index contributed by atoms with van der Waals surface area (Å²) < 4.78 is 1.06. The van der Waals surface area contributed by atoms with Gasteiger partial charge in [-0.25, -0.2) is 9.97 Å². The number of aliphatic hydroxyl groups excluding tert-OH is 2. The molecule has 3 aliphatic carbocycles. The van der Waals surface area contributed by atoms with Gasteiger partial charge in [0, 0.05) is 18.2 Å². The highest BCUT2D eigenvalue weighted by Gasteiger charge is 2.44. The van der Waals surface area contributed by atoms with Crippen LogP contribution in [-0.2, 0) is 4.79 Å². The average Bonchev–Trinajstić information content (AvgIpc) is 3.49. The Morgan fingerprint density at radius 1 is 1.11 bits per heavy atom. The van der Waals surface area contributed by atoms with Crippen molar-refractivity contribution in [2.45, 2.75) is 75.7 Å². The number of primary amides is 1. The molecule has 6 rings (SSSR count). The van der Waals surface area contributed by atoms with Gasteiger partial charge in [-0.2, -0.15) is 4.98 Å². The lowest BCUT2D eigenvalue weighted by molar-refractivity contribution is -0.125. The molecule has 3 fully saturated rings. The van der Waals surface area contributed by atoms with Crippen molar-refractivity contribution in [1.29, 1.82) is 0 Å². The van der Waals surface area contributed by atoms with Crippen LogP contribution >= 0.6 is 11.3 Å².